The second-order valence-corrected chi connectivity index (χ2v) is 15.8. The predicted molar refractivity (Wildman–Crippen MR) is 155 cm³/mol. The minimum Gasteiger partial charge on any atom is -0.397 e. The third-order valence-electron chi connectivity index (χ3n) is 9.00. The zero-order valence-corrected chi connectivity index (χ0v) is 25.6. The Balaban J connectivity index is 1.14. The van der Waals surface area contributed by atoms with Crippen LogP contribution < -0.4 is 11.5 Å². The van der Waals surface area contributed by atoms with Crippen molar-refractivity contribution in [1.29, 1.82) is 0 Å². The van der Waals surface area contributed by atoms with Crippen LogP contribution in [0.15, 0.2) is 31.2 Å². The maximum Gasteiger partial charge on any atom is 0.472 e. The van der Waals surface area contributed by atoms with Gasteiger partial charge in [0.25, 0.3) is 0 Å². The first-order chi connectivity index (χ1) is 21.4. The molecule has 8 rings (SSSR count). The van der Waals surface area contributed by atoms with Crippen molar-refractivity contribution in [3.8, 4) is 0 Å². The van der Waals surface area contributed by atoms with Gasteiger partial charge in [-0.1, -0.05) is 12.2 Å². The molecule has 1 unspecified atom stereocenters. The Morgan fingerprint density at radius 1 is 0.978 bits per heavy atom. The van der Waals surface area contributed by atoms with Crippen molar-refractivity contribution in [1.82, 2.24) is 34.1 Å². The molecular weight excluding hydrogens is 656 g/mol. The molecule has 240 valence electrons. The molecule has 45 heavy (non-hydrogen) atoms. The lowest BCUT2D eigenvalue weighted by Gasteiger charge is -2.30. The Morgan fingerprint density at radius 3 is 2.56 bits per heavy atom. The highest BCUT2D eigenvalue weighted by molar-refractivity contribution is 8.44. The van der Waals surface area contributed by atoms with E-state index in [0.29, 0.717) is 28.8 Å². The van der Waals surface area contributed by atoms with Crippen LogP contribution in [0, 0.1) is 11.3 Å². The van der Waals surface area contributed by atoms with Gasteiger partial charge in [-0.2, -0.15) is 0 Å². The van der Waals surface area contributed by atoms with Gasteiger partial charge in [0.15, 0.2) is 23.3 Å². The summed E-state index contributed by atoms with van der Waals surface area (Å²) in [5.41, 5.74) is 12.4. The molecule has 2 bridgehead atoms. The second kappa shape index (κ2) is 10.1. The first kappa shape index (κ1) is 29.6. The van der Waals surface area contributed by atoms with Gasteiger partial charge in [0.1, 0.15) is 47.9 Å². The second-order valence-electron chi connectivity index (χ2n) is 11.5. The number of nitrogens with two attached hydrogens (primary N) is 2. The van der Waals surface area contributed by atoms with Gasteiger partial charge in [-0.05, 0) is 18.4 Å². The maximum atomic E-state index is 13.6. The molecule has 4 fully saturated rings. The molecule has 19 nitrogen and oxygen atoms in total. The van der Waals surface area contributed by atoms with Gasteiger partial charge in [0, 0.05) is 11.6 Å². The van der Waals surface area contributed by atoms with E-state index in [2.05, 4.69) is 37.2 Å². The van der Waals surface area contributed by atoms with Crippen LogP contribution in [0.25, 0.3) is 22.3 Å². The Kier molecular flexibility index (Phi) is 6.67. The van der Waals surface area contributed by atoms with E-state index in [1.54, 1.807) is 10.6 Å². The molecular formula is C23H27N9O10P2S. The number of ether oxygens (including phenoxy) is 1. The summed E-state index contributed by atoms with van der Waals surface area (Å²) >= 11 is 4.15. The molecule has 4 aromatic heterocycles. The van der Waals surface area contributed by atoms with Crippen molar-refractivity contribution >= 4 is 60.7 Å². The molecule has 0 radical (unpaired) electrons. The number of phosphoric ester groups is 1. The molecule has 7 N–H and O–H groups in total. The van der Waals surface area contributed by atoms with Crippen LogP contribution in [-0.4, -0.2) is 92.9 Å². The number of aliphatic hydroxyl groups is 2. The number of phosphoric acid groups is 1. The van der Waals surface area contributed by atoms with Gasteiger partial charge in [0.05, 0.1) is 37.6 Å². The first-order valence-corrected chi connectivity index (χ1v) is 17.9. The number of rotatable bonds is 2. The van der Waals surface area contributed by atoms with Gasteiger partial charge >= 0.3 is 14.6 Å². The zero-order valence-electron chi connectivity index (χ0n) is 23.0. The third-order valence-corrected chi connectivity index (χ3v) is 11.6. The van der Waals surface area contributed by atoms with E-state index in [1.165, 1.54) is 29.7 Å². The Morgan fingerprint density at radius 2 is 1.73 bits per heavy atom. The summed E-state index contributed by atoms with van der Waals surface area (Å²) < 4.78 is 58.5. The molecule has 4 aliphatic rings. The average Bonchev–Trinajstić information content (AvgIpc) is 3.28. The Bertz CT molecular complexity index is 1930. The molecule has 2 aliphatic carbocycles. The highest BCUT2D eigenvalue weighted by atomic mass is 32.7. The average molecular weight is 684 g/mol. The molecule has 22 heteroatoms. The monoisotopic (exact) mass is 683 g/mol. The fourth-order valence-electron chi connectivity index (χ4n) is 6.82. The topological polar surface area (TPSA) is 267 Å². The fourth-order valence-corrected chi connectivity index (χ4v) is 9.34. The number of nitrogen functional groups attached to an aromatic ring is 2. The number of nitrogens with zero attached hydrogens (tertiary/aromatic N) is 7. The van der Waals surface area contributed by atoms with E-state index in [-0.39, 0.29) is 11.5 Å². The van der Waals surface area contributed by atoms with Gasteiger partial charge < -0.3 is 35.9 Å². The van der Waals surface area contributed by atoms with Crippen LogP contribution >= 0.6 is 26.9 Å². The quantitative estimate of drug-likeness (QED) is 0.124. The van der Waals surface area contributed by atoms with E-state index in [4.69, 9.17) is 34.3 Å². The number of anilines is 2. The molecule has 2 saturated carbocycles. The van der Waals surface area contributed by atoms with Crippen LogP contribution in [0.4, 0.5) is 11.5 Å². The molecule has 0 aromatic carbocycles. The Hall–Kier alpha value is -2.74. The summed E-state index contributed by atoms with van der Waals surface area (Å²) in [7, 11) is -4.93. The molecule has 4 aromatic rings. The SMILES string of the molecule is Nc1ncnc2c1ncn2[C@H]1[C@H](O)[C@@H]2O[P@@](=O)(S)OC[C@H]3O[C@@H](n4cnc5c(N)ccnc54)[C@H](OP(=O)(O)OC[C@]24C[C@H]14)[C@@H]3O. The van der Waals surface area contributed by atoms with Gasteiger partial charge in [-0.3, -0.25) is 22.7 Å². The first-order valence-electron chi connectivity index (χ1n) is 13.7. The van der Waals surface area contributed by atoms with Crippen LogP contribution in [0.1, 0.15) is 18.7 Å². The lowest BCUT2D eigenvalue weighted by Crippen LogP contribution is -2.37. The summed E-state index contributed by atoms with van der Waals surface area (Å²) in [6, 6.07) is 0.826. The summed E-state index contributed by atoms with van der Waals surface area (Å²) in [4.78, 5) is 31.9. The number of thiol groups is 1. The van der Waals surface area contributed by atoms with Crippen LogP contribution in [0.5, 0.6) is 0 Å². The number of imidazole rings is 2. The van der Waals surface area contributed by atoms with E-state index >= 15 is 0 Å². The number of aliphatic hydroxyl groups excluding tert-OH is 2. The van der Waals surface area contributed by atoms with Gasteiger partial charge in [-0.15, -0.1) is 0 Å². The smallest absolute Gasteiger partial charge is 0.397 e. The molecule has 2 saturated heterocycles. The molecule has 1 spiro atoms. The van der Waals surface area contributed by atoms with Crippen LogP contribution in [-0.2, 0) is 32.0 Å². The van der Waals surface area contributed by atoms with Crippen molar-refractivity contribution in [2.75, 3.05) is 24.7 Å². The van der Waals surface area contributed by atoms with Crippen LogP contribution in [0.2, 0.25) is 0 Å². The summed E-state index contributed by atoms with van der Waals surface area (Å²) in [6.45, 7) is -5.23. The summed E-state index contributed by atoms with van der Waals surface area (Å²) in [6.07, 6.45) is -2.29. The number of hydrogen-bond acceptors (Lipinski definition) is 16. The highest BCUT2D eigenvalue weighted by Gasteiger charge is 2.74. The maximum absolute atomic E-state index is 13.6. The van der Waals surface area contributed by atoms with E-state index in [0.717, 1.165) is 0 Å². The van der Waals surface area contributed by atoms with Crippen LogP contribution in [0.3, 0.4) is 0 Å². The van der Waals surface area contributed by atoms with Gasteiger partial charge in [0.2, 0.25) is 0 Å². The summed E-state index contributed by atoms with van der Waals surface area (Å²) in [5, 5.41) is 22.7. The lowest BCUT2D eigenvalue weighted by molar-refractivity contribution is -0.0592. The zero-order chi connectivity index (χ0) is 31.5. The summed E-state index contributed by atoms with van der Waals surface area (Å²) in [5.74, 6) is -0.262. The van der Waals surface area contributed by atoms with Crippen molar-refractivity contribution in [3.05, 3.63) is 31.2 Å². The fraction of sp³-hybridized carbons (Fsp3) is 0.522. The van der Waals surface area contributed by atoms with Crippen molar-refractivity contribution in [2.24, 2.45) is 11.3 Å². The number of pyridine rings is 1. The van der Waals surface area contributed by atoms with Crippen molar-refractivity contribution in [3.63, 3.8) is 0 Å². The van der Waals surface area contributed by atoms with E-state index in [1.807, 2.05) is 0 Å². The highest BCUT2D eigenvalue weighted by Crippen LogP contribution is 2.73. The number of hydrogen-bond donors (Lipinski definition) is 6. The molecule has 11 atom stereocenters. The van der Waals surface area contributed by atoms with Crippen molar-refractivity contribution in [2.45, 2.75) is 49.2 Å². The van der Waals surface area contributed by atoms with E-state index in [9.17, 15) is 24.2 Å². The molecule has 0 amide bonds. The Labute approximate surface area is 258 Å². The predicted octanol–water partition coefficient (Wildman–Crippen LogP) is 0.571. The standard InChI is InChI=1S/C23H27N9O10P2S/c24-10-1-2-26-20-12(10)29-8-32(20)22-17-15(33)11(40-22)4-38-44(37,45)42-18-16(34)14(9-3-23(9,18)5-39-43(35,36)41-17)31-7-30-13-19(25)27-6-28-21(13)31/h1-2,6-9,11,14-18,22,33-34H,3-5H2,(H2,24,26)(H,35,36)(H,37,45)(H2,25,27,28)/t9-,11-,14-,15-,16+,17-,18+,22-,23+,44+/m1/s1. The van der Waals surface area contributed by atoms with E-state index < -0.39 is 82.0 Å². The largest absolute Gasteiger partial charge is 0.472 e. The lowest BCUT2D eigenvalue weighted by atomic mass is 10.0. The minimum atomic E-state index is -4.93. The normalized spacial score (nSPS) is 41.7. The van der Waals surface area contributed by atoms with Crippen molar-refractivity contribution < 1.29 is 47.1 Å². The van der Waals surface area contributed by atoms with Gasteiger partial charge in [-0.25, -0.2) is 34.0 Å². The molecule has 2 aliphatic heterocycles. The molecule has 6 heterocycles. The number of aromatic nitrogens is 7. The minimum absolute atomic E-state index is 0.144. The third kappa shape index (κ3) is 4.63. The number of fused-ring (bicyclic) bond motifs is 4.